The highest BCUT2D eigenvalue weighted by atomic mass is 32.2. The molecule has 3 N–H and O–H groups in total. The summed E-state index contributed by atoms with van der Waals surface area (Å²) in [4.78, 5) is 23.0. The van der Waals surface area contributed by atoms with Crippen molar-refractivity contribution in [3.63, 3.8) is 0 Å². The van der Waals surface area contributed by atoms with E-state index in [0.29, 0.717) is 31.1 Å². The molecule has 0 spiro atoms. The summed E-state index contributed by atoms with van der Waals surface area (Å²) in [5, 5.41) is 1.43. The van der Waals surface area contributed by atoms with Gasteiger partial charge in [0.1, 0.15) is 11.5 Å². The second-order valence-electron chi connectivity index (χ2n) is 11.7. The number of carbonyl (C=O) groups excluding carboxylic acids is 1. The van der Waals surface area contributed by atoms with Crippen molar-refractivity contribution in [3.8, 4) is 0 Å². The molecule has 13 heteroatoms. The molecule has 1 amide bonds. The van der Waals surface area contributed by atoms with Gasteiger partial charge in [-0.05, 0) is 54.2 Å². The van der Waals surface area contributed by atoms with Crippen molar-refractivity contribution in [2.75, 3.05) is 13.1 Å². The third-order valence-corrected chi connectivity index (χ3v) is 9.96. The molecule has 7 nitrogen and oxygen atoms in total. The maximum atomic E-state index is 16.7. The van der Waals surface area contributed by atoms with Gasteiger partial charge in [-0.1, -0.05) is 78.9 Å². The van der Waals surface area contributed by atoms with E-state index in [9.17, 15) is 26.4 Å². The Labute approximate surface area is 258 Å². The van der Waals surface area contributed by atoms with Crippen LogP contribution in [0.5, 0.6) is 0 Å². The highest BCUT2D eigenvalue weighted by Crippen LogP contribution is 2.51. The van der Waals surface area contributed by atoms with Gasteiger partial charge in [0.15, 0.2) is 0 Å². The summed E-state index contributed by atoms with van der Waals surface area (Å²) in [7, 11) is -4.38. The van der Waals surface area contributed by atoms with Crippen LogP contribution in [0.2, 0.25) is 0 Å². The van der Waals surface area contributed by atoms with Crippen molar-refractivity contribution in [3.05, 3.63) is 84.4 Å². The summed E-state index contributed by atoms with van der Waals surface area (Å²) in [6.07, 6.45) is -3.34. The number of hydrogen-bond acceptors (Lipinski definition) is 5. The first kappa shape index (κ1) is 33.0. The minimum atomic E-state index is -4.76. The van der Waals surface area contributed by atoms with Gasteiger partial charge in [-0.2, -0.15) is 13.2 Å². The lowest BCUT2D eigenvalue weighted by Crippen LogP contribution is -2.58. The minimum absolute atomic E-state index is 0.0600. The topological polar surface area (TPSA) is 102 Å². The van der Waals surface area contributed by atoms with E-state index in [1.807, 2.05) is 4.89 Å². The van der Waals surface area contributed by atoms with Crippen LogP contribution in [0.4, 0.5) is 22.0 Å². The zero-order chi connectivity index (χ0) is 32.6. The molecule has 1 heterocycles. The number of amides is 1. The van der Waals surface area contributed by atoms with E-state index < -0.39 is 56.2 Å². The van der Waals surface area contributed by atoms with E-state index in [2.05, 4.69) is 6.58 Å². The summed E-state index contributed by atoms with van der Waals surface area (Å²) < 4.78 is 99.7. The van der Waals surface area contributed by atoms with Gasteiger partial charge in [0.05, 0.1) is 10.5 Å². The van der Waals surface area contributed by atoms with Crippen molar-refractivity contribution >= 4 is 32.3 Å². The SMILES string of the molecule is C=C(c1ccc(C(F)(F)C(C(=O)N2CCC(N)CC2)C2(ONS(=O)(=O)c3ccc4ccccc4c3)CCCC2)cc1)C(F)(F)F. The standard InChI is InChI=1S/C32H34F5N3O4S/c1-21(32(35,36)37)22-8-11-25(12-9-22)31(33,34)28(29(41)40-18-14-26(38)15-19-40)30(16-4-5-17-30)44-39-45(42,43)27-13-10-23-6-2-3-7-24(23)20-27/h2-3,6-13,20,26,28,39H,1,4-5,14-19,38H2. The predicted molar refractivity (Wildman–Crippen MR) is 159 cm³/mol. The Kier molecular flexibility index (Phi) is 9.11. The lowest BCUT2D eigenvalue weighted by molar-refractivity contribution is -0.203. The van der Waals surface area contributed by atoms with E-state index in [0.717, 1.165) is 29.7 Å². The third-order valence-electron chi connectivity index (χ3n) is 8.78. The van der Waals surface area contributed by atoms with Gasteiger partial charge >= 0.3 is 6.18 Å². The first-order chi connectivity index (χ1) is 21.1. The van der Waals surface area contributed by atoms with Crippen LogP contribution in [0.25, 0.3) is 16.3 Å². The molecule has 2 aliphatic rings. The highest BCUT2D eigenvalue weighted by molar-refractivity contribution is 7.89. The van der Waals surface area contributed by atoms with Crippen molar-refractivity contribution in [2.45, 2.75) is 67.2 Å². The second kappa shape index (κ2) is 12.4. The molecule has 0 bridgehead atoms. The first-order valence-electron chi connectivity index (χ1n) is 14.6. The summed E-state index contributed by atoms with van der Waals surface area (Å²) in [6, 6.07) is 14.7. The predicted octanol–water partition coefficient (Wildman–Crippen LogP) is 6.30. The monoisotopic (exact) mass is 651 g/mol. The molecule has 1 aliphatic heterocycles. The Morgan fingerprint density at radius 1 is 0.956 bits per heavy atom. The summed E-state index contributed by atoms with van der Waals surface area (Å²) in [6.45, 7) is 3.25. The normalized spacial score (nSPS) is 18.7. The first-order valence-corrected chi connectivity index (χ1v) is 16.1. The van der Waals surface area contributed by atoms with Gasteiger partial charge in [-0.3, -0.25) is 9.63 Å². The lowest BCUT2D eigenvalue weighted by atomic mass is 9.77. The molecule has 45 heavy (non-hydrogen) atoms. The number of nitrogens with two attached hydrogens (primary N) is 1. The second-order valence-corrected chi connectivity index (χ2v) is 13.4. The number of fused-ring (bicyclic) bond motifs is 1. The van der Waals surface area contributed by atoms with E-state index in [1.165, 1.54) is 17.0 Å². The summed E-state index contributed by atoms with van der Waals surface area (Å²) in [5.74, 6) is -7.10. The number of benzene rings is 3. The van der Waals surface area contributed by atoms with Crippen LogP contribution < -0.4 is 10.6 Å². The molecule has 3 aromatic carbocycles. The number of likely N-dealkylation sites (tertiary alicyclic amines) is 1. The molecule has 2 fully saturated rings. The van der Waals surface area contributed by atoms with Crippen molar-refractivity contribution in [1.82, 2.24) is 9.79 Å². The van der Waals surface area contributed by atoms with E-state index in [1.54, 1.807) is 30.3 Å². The average molecular weight is 652 g/mol. The van der Waals surface area contributed by atoms with Gasteiger partial charge in [-0.25, -0.2) is 17.2 Å². The molecule has 3 aromatic rings. The minimum Gasteiger partial charge on any atom is -0.342 e. The number of rotatable bonds is 9. The zero-order valence-electron chi connectivity index (χ0n) is 24.3. The summed E-state index contributed by atoms with van der Waals surface area (Å²) >= 11 is 0. The van der Waals surface area contributed by atoms with Crippen LogP contribution in [0, 0.1) is 5.92 Å². The van der Waals surface area contributed by atoms with Crippen LogP contribution >= 0.6 is 0 Å². The molecule has 1 atom stereocenters. The molecule has 242 valence electrons. The lowest BCUT2D eigenvalue weighted by Gasteiger charge is -2.43. The Morgan fingerprint density at radius 3 is 2.16 bits per heavy atom. The number of allylic oxidation sites excluding steroid dienone is 1. The summed E-state index contributed by atoms with van der Waals surface area (Å²) in [5.41, 5.74) is 1.71. The Hall–Kier alpha value is -3.39. The number of alkyl halides is 5. The van der Waals surface area contributed by atoms with Crippen LogP contribution in [0.15, 0.2) is 78.2 Å². The van der Waals surface area contributed by atoms with Crippen LogP contribution in [0.1, 0.15) is 49.7 Å². The van der Waals surface area contributed by atoms with Crippen molar-refractivity contribution in [2.24, 2.45) is 11.7 Å². The van der Waals surface area contributed by atoms with E-state index >= 15 is 8.78 Å². The Morgan fingerprint density at radius 2 is 1.56 bits per heavy atom. The van der Waals surface area contributed by atoms with E-state index in [-0.39, 0.29) is 36.9 Å². The molecule has 1 saturated heterocycles. The van der Waals surface area contributed by atoms with Gasteiger partial charge in [0.2, 0.25) is 5.91 Å². The number of piperidine rings is 1. The fourth-order valence-electron chi connectivity index (χ4n) is 6.18. The maximum Gasteiger partial charge on any atom is 0.416 e. The largest absolute Gasteiger partial charge is 0.416 e. The number of nitrogens with one attached hydrogen (secondary N) is 1. The van der Waals surface area contributed by atoms with E-state index in [4.69, 9.17) is 10.6 Å². The van der Waals surface area contributed by atoms with Gasteiger partial charge in [0, 0.05) is 24.7 Å². The fourth-order valence-corrected chi connectivity index (χ4v) is 7.08. The quantitative estimate of drug-likeness (QED) is 0.209. The third kappa shape index (κ3) is 6.76. The number of sulfonamides is 1. The van der Waals surface area contributed by atoms with Crippen LogP contribution in [-0.2, 0) is 25.6 Å². The molecule has 1 unspecified atom stereocenters. The van der Waals surface area contributed by atoms with Gasteiger partial charge < -0.3 is 10.6 Å². The highest BCUT2D eigenvalue weighted by Gasteiger charge is 2.61. The number of nitrogens with zero attached hydrogens (tertiary/aromatic N) is 1. The van der Waals surface area contributed by atoms with Crippen LogP contribution in [0.3, 0.4) is 0 Å². The Bertz CT molecular complexity index is 1660. The molecule has 0 aromatic heterocycles. The molecule has 1 aliphatic carbocycles. The van der Waals surface area contributed by atoms with Gasteiger partial charge in [0.25, 0.3) is 15.9 Å². The molecular weight excluding hydrogens is 617 g/mol. The molecular formula is C32H34F5N3O4S. The zero-order valence-corrected chi connectivity index (χ0v) is 25.1. The van der Waals surface area contributed by atoms with Crippen molar-refractivity contribution in [1.29, 1.82) is 0 Å². The Balaban J connectivity index is 1.51. The smallest absolute Gasteiger partial charge is 0.342 e. The van der Waals surface area contributed by atoms with Crippen LogP contribution in [-0.4, -0.2) is 50.1 Å². The van der Waals surface area contributed by atoms with Gasteiger partial charge in [-0.15, -0.1) is 0 Å². The number of carbonyl (C=O) groups is 1. The fraction of sp³-hybridized carbons (Fsp3) is 0.406. The number of halogens is 5. The maximum absolute atomic E-state index is 16.7. The molecule has 5 rings (SSSR count). The van der Waals surface area contributed by atoms with Crippen molar-refractivity contribution < 1.29 is 40.0 Å². The molecule has 0 radical (unpaired) electrons. The average Bonchev–Trinajstić information content (AvgIpc) is 3.48. The number of hydrogen-bond donors (Lipinski definition) is 2. The molecule has 1 saturated carbocycles.